The van der Waals surface area contributed by atoms with E-state index in [0.29, 0.717) is 12.5 Å². The topological polar surface area (TPSA) is 64.3 Å². The van der Waals surface area contributed by atoms with Gasteiger partial charge < -0.3 is 15.4 Å². The largest absolute Gasteiger partial charge is 0.478 e. The van der Waals surface area contributed by atoms with E-state index in [0.717, 1.165) is 44.0 Å². The van der Waals surface area contributed by atoms with Gasteiger partial charge in [-0.25, -0.2) is 4.98 Å². The van der Waals surface area contributed by atoms with Gasteiger partial charge in [0.25, 0.3) is 0 Å². The molecule has 0 aliphatic rings. The van der Waals surface area contributed by atoms with E-state index < -0.39 is 0 Å². The van der Waals surface area contributed by atoms with Crippen LogP contribution in [0, 0.1) is 6.92 Å². The Hall–Kier alpha value is -1.36. The lowest BCUT2D eigenvalue weighted by atomic mass is 10.2. The van der Waals surface area contributed by atoms with Crippen molar-refractivity contribution in [3.05, 3.63) is 11.8 Å². The third-order valence-corrected chi connectivity index (χ3v) is 2.65. The molecule has 0 radical (unpaired) electrons. The highest BCUT2D eigenvalue weighted by atomic mass is 16.5. The molecule has 1 aromatic heterocycles. The van der Waals surface area contributed by atoms with Crippen LogP contribution in [-0.4, -0.2) is 36.7 Å². The number of anilines is 1. The van der Waals surface area contributed by atoms with E-state index in [1.54, 1.807) is 0 Å². The second-order valence-corrected chi connectivity index (χ2v) is 4.35. The maximum absolute atomic E-state index is 5.47. The summed E-state index contributed by atoms with van der Waals surface area (Å²) in [7, 11) is 2.01. The molecule has 0 spiro atoms. The number of hydrogen-bond acceptors (Lipinski definition) is 5. The number of rotatable bonds is 8. The zero-order chi connectivity index (χ0) is 13.4. The van der Waals surface area contributed by atoms with Crippen LogP contribution in [0.25, 0.3) is 0 Å². The standard InChI is InChI=1S/C13H24N4O/c1-4-18-12-10-11(2)15-13(16-12)17(3)9-7-5-6-8-14/h10H,4-9,14H2,1-3H3. The molecule has 1 aromatic rings. The molecule has 0 aromatic carbocycles. The fourth-order valence-electron chi connectivity index (χ4n) is 1.69. The Morgan fingerprint density at radius 2 is 2.06 bits per heavy atom. The van der Waals surface area contributed by atoms with Crippen LogP contribution in [0.1, 0.15) is 31.9 Å². The van der Waals surface area contributed by atoms with Crippen LogP contribution in [0.3, 0.4) is 0 Å². The molecular weight excluding hydrogens is 228 g/mol. The van der Waals surface area contributed by atoms with E-state index in [4.69, 9.17) is 10.5 Å². The van der Waals surface area contributed by atoms with Crippen molar-refractivity contribution in [1.29, 1.82) is 0 Å². The van der Waals surface area contributed by atoms with E-state index in [2.05, 4.69) is 14.9 Å². The molecule has 0 aliphatic heterocycles. The molecule has 102 valence electrons. The minimum absolute atomic E-state index is 0.621. The summed E-state index contributed by atoms with van der Waals surface area (Å²) in [5.74, 6) is 1.38. The monoisotopic (exact) mass is 252 g/mol. The molecule has 18 heavy (non-hydrogen) atoms. The molecule has 1 heterocycles. The van der Waals surface area contributed by atoms with Gasteiger partial charge in [0.2, 0.25) is 11.8 Å². The average Bonchev–Trinajstić information content (AvgIpc) is 2.34. The van der Waals surface area contributed by atoms with Crippen molar-refractivity contribution in [2.75, 3.05) is 31.6 Å². The summed E-state index contributed by atoms with van der Waals surface area (Å²) in [6, 6.07) is 1.86. The van der Waals surface area contributed by atoms with Crippen LogP contribution in [0.15, 0.2) is 6.07 Å². The smallest absolute Gasteiger partial charge is 0.228 e. The molecule has 0 bridgehead atoms. The fraction of sp³-hybridized carbons (Fsp3) is 0.692. The summed E-state index contributed by atoms with van der Waals surface area (Å²) in [6.45, 7) is 6.23. The zero-order valence-corrected chi connectivity index (χ0v) is 11.6. The van der Waals surface area contributed by atoms with Gasteiger partial charge in [0, 0.05) is 25.4 Å². The lowest BCUT2D eigenvalue weighted by Crippen LogP contribution is -2.21. The lowest BCUT2D eigenvalue weighted by Gasteiger charge is -2.18. The van der Waals surface area contributed by atoms with Gasteiger partial charge in [-0.2, -0.15) is 4.98 Å². The SMILES string of the molecule is CCOc1cc(C)nc(N(C)CCCCCN)n1. The third-order valence-electron chi connectivity index (χ3n) is 2.65. The number of ether oxygens (including phenoxy) is 1. The highest BCUT2D eigenvalue weighted by molar-refractivity contribution is 5.33. The zero-order valence-electron chi connectivity index (χ0n) is 11.6. The van der Waals surface area contributed by atoms with Crippen molar-refractivity contribution < 1.29 is 4.74 Å². The maximum atomic E-state index is 5.47. The molecule has 0 saturated heterocycles. The number of aromatic nitrogens is 2. The van der Waals surface area contributed by atoms with Crippen LogP contribution in [-0.2, 0) is 0 Å². The van der Waals surface area contributed by atoms with Crippen molar-refractivity contribution in [1.82, 2.24) is 9.97 Å². The summed E-state index contributed by atoms with van der Waals surface area (Å²) in [4.78, 5) is 10.9. The highest BCUT2D eigenvalue weighted by Crippen LogP contribution is 2.15. The minimum Gasteiger partial charge on any atom is -0.478 e. The molecule has 2 N–H and O–H groups in total. The Labute approximate surface area is 109 Å². The number of hydrogen-bond donors (Lipinski definition) is 1. The molecule has 5 nitrogen and oxygen atoms in total. The predicted octanol–water partition coefficient (Wildman–Crippen LogP) is 1.75. The Kier molecular flexibility index (Phi) is 6.43. The normalized spacial score (nSPS) is 10.4. The molecule has 0 saturated carbocycles. The minimum atomic E-state index is 0.621. The summed E-state index contributed by atoms with van der Waals surface area (Å²) in [5.41, 5.74) is 6.40. The maximum Gasteiger partial charge on any atom is 0.228 e. The van der Waals surface area contributed by atoms with E-state index in [1.165, 1.54) is 0 Å². The van der Waals surface area contributed by atoms with Gasteiger partial charge in [-0.1, -0.05) is 6.42 Å². The summed E-state index contributed by atoms with van der Waals surface area (Å²) in [5, 5.41) is 0. The summed E-state index contributed by atoms with van der Waals surface area (Å²) >= 11 is 0. The van der Waals surface area contributed by atoms with Gasteiger partial charge in [0.1, 0.15) is 0 Å². The second-order valence-electron chi connectivity index (χ2n) is 4.35. The number of nitrogens with zero attached hydrogens (tertiary/aromatic N) is 3. The molecule has 0 fully saturated rings. The van der Waals surface area contributed by atoms with Gasteiger partial charge in [-0.3, -0.25) is 0 Å². The number of aryl methyl sites for hydroxylation is 1. The predicted molar refractivity (Wildman–Crippen MR) is 74.1 cm³/mol. The molecule has 0 amide bonds. The quantitative estimate of drug-likeness (QED) is 0.714. The van der Waals surface area contributed by atoms with Crippen molar-refractivity contribution in [3.8, 4) is 5.88 Å². The summed E-state index contributed by atoms with van der Waals surface area (Å²) < 4.78 is 5.43. The van der Waals surface area contributed by atoms with E-state index in [9.17, 15) is 0 Å². The lowest BCUT2D eigenvalue weighted by molar-refractivity contribution is 0.326. The van der Waals surface area contributed by atoms with Crippen molar-refractivity contribution in [3.63, 3.8) is 0 Å². The van der Waals surface area contributed by atoms with E-state index in [1.807, 2.05) is 27.0 Å². The van der Waals surface area contributed by atoms with Crippen molar-refractivity contribution >= 4 is 5.95 Å². The Balaban J connectivity index is 2.58. The Bertz CT molecular complexity index is 357. The average molecular weight is 252 g/mol. The van der Waals surface area contributed by atoms with Gasteiger partial charge in [0.05, 0.1) is 6.61 Å². The highest BCUT2D eigenvalue weighted by Gasteiger charge is 2.07. The number of nitrogens with two attached hydrogens (primary N) is 1. The second kappa shape index (κ2) is 7.87. The molecule has 0 aliphatic carbocycles. The third kappa shape index (κ3) is 4.87. The van der Waals surface area contributed by atoms with Gasteiger partial charge in [-0.05, 0) is 33.2 Å². The van der Waals surface area contributed by atoms with Crippen LogP contribution >= 0.6 is 0 Å². The first-order valence-corrected chi connectivity index (χ1v) is 6.57. The Morgan fingerprint density at radius 3 is 2.72 bits per heavy atom. The molecule has 1 rings (SSSR count). The van der Waals surface area contributed by atoms with Crippen molar-refractivity contribution in [2.45, 2.75) is 33.1 Å². The first-order chi connectivity index (χ1) is 8.67. The molecule has 0 unspecified atom stereocenters. The van der Waals surface area contributed by atoms with E-state index >= 15 is 0 Å². The van der Waals surface area contributed by atoms with Gasteiger partial charge in [-0.15, -0.1) is 0 Å². The Morgan fingerprint density at radius 1 is 1.28 bits per heavy atom. The fourth-order valence-corrected chi connectivity index (χ4v) is 1.69. The van der Waals surface area contributed by atoms with Gasteiger partial charge >= 0.3 is 0 Å². The van der Waals surface area contributed by atoms with Crippen LogP contribution in [0.5, 0.6) is 5.88 Å². The van der Waals surface area contributed by atoms with Crippen LogP contribution in [0.2, 0.25) is 0 Å². The van der Waals surface area contributed by atoms with Gasteiger partial charge in [0.15, 0.2) is 0 Å². The number of unbranched alkanes of at least 4 members (excludes halogenated alkanes) is 2. The van der Waals surface area contributed by atoms with Crippen LogP contribution in [0.4, 0.5) is 5.95 Å². The molecule has 5 heteroatoms. The van der Waals surface area contributed by atoms with Crippen molar-refractivity contribution in [2.24, 2.45) is 5.73 Å². The van der Waals surface area contributed by atoms with Crippen LogP contribution < -0.4 is 15.4 Å². The molecular formula is C13H24N4O. The van der Waals surface area contributed by atoms with E-state index in [-0.39, 0.29) is 0 Å². The first-order valence-electron chi connectivity index (χ1n) is 6.57. The first kappa shape index (κ1) is 14.7. The summed E-state index contributed by atoms with van der Waals surface area (Å²) in [6.07, 6.45) is 3.33. The molecule has 0 atom stereocenters.